The van der Waals surface area contributed by atoms with Crippen LogP contribution in [0.2, 0.25) is 0 Å². The molecule has 0 saturated carbocycles. The summed E-state index contributed by atoms with van der Waals surface area (Å²) in [5.41, 5.74) is 0.931. The highest BCUT2D eigenvalue weighted by Crippen LogP contribution is 2.14. The monoisotopic (exact) mass is 237 g/mol. The van der Waals surface area contributed by atoms with Crippen molar-refractivity contribution in [3.8, 4) is 0 Å². The van der Waals surface area contributed by atoms with Crippen molar-refractivity contribution in [3.05, 3.63) is 30.1 Å². The number of halogens is 1. The molecule has 0 bridgehead atoms. The van der Waals surface area contributed by atoms with E-state index in [0.29, 0.717) is 6.04 Å². The zero-order valence-corrected chi connectivity index (χ0v) is 10.5. The van der Waals surface area contributed by atoms with Crippen LogP contribution in [0.5, 0.6) is 0 Å². The Labute approximate surface area is 102 Å². The van der Waals surface area contributed by atoms with Crippen LogP contribution in [0, 0.1) is 5.82 Å². The van der Waals surface area contributed by atoms with Gasteiger partial charge in [-0.25, -0.2) is 4.39 Å². The predicted octanol–water partition coefficient (Wildman–Crippen LogP) is 1.17. The number of nitrogens with one attached hydrogen (secondary N) is 1. The van der Waals surface area contributed by atoms with Gasteiger partial charge in [-0.05, 0) is 25.2 Å². The van der Waals surface area contributed by atoms with E-state index in [0.717, 1.165) is 31.9 Å². The summed E-state index contributed by atoms with van der Waals surface area (Å²) < 4.78 is 13.1. The van der Waals surface area contributed by atoms with Gasteiger partial charge in [-0.3, -0.25) is 0 Å². The number of benzene rings is 1. The summed E-state index contributed by atoms with van der Waals surface area (Å²) in [5.74, 6) is -0.178. The van der Waals surface area contributed by atoms with Crippen molar-refractivity contribution in [2.45, 2.75) is 6.04 Å². The minimum Gasteiger partial charge on any atom is -0.373 e. The van der Waals surface area contributed by atoms with E-state index in [1.54, 1.807) is 12.1 Å². The third-order valence-electron chi connectivity index (χ3n) is 3.20. The molecule has 1 N–H and O–H groups in total. The maximum absolute atomic E-state index is 13.1. The van der Waals surface area contributed by atoms with Crippen molar-refractivity contribution in [1.82, 2.24) is 10.2 Å². The molecule has 0 amide bonds. The van der Waals surface area contributed by atoms with Gasteiger partial charge in [0.05, 0.1) is 0 Å². The lowest BCUT2D eigenvalue weighted by molar-refractivity contribution is 0.241. The molecule has 1 aliphatic rings. The molecule has 0 radical (unpaired) electrons. The van der Waals surface area contributed by atoms with Crippen molar-refractivity contribution in [3.63, 3.8) is 0 Å². The first-order chi connectivity index (χ1) is 8.15. The first kappa shape index (κ1) is 12.3. The largest absolute Gasteiger partial charge is 0.373 e. The van der Waals surface area contributed by atoms with Crippen LogP contribution in [0.15, 0.2) is 24.3 Å². The molecule has 2 rings (SSSR count). The van der Waals surface area contributed by atoms with Crippen LogP contribution in [0.1, 0.15) is 0 Å². The molecule has 17 heavy (non-hydrogen) atoms. The molecule has 1 aromatic rings. The van der Waals surface area contributed by atoms with Gasteiger partial charge >= 0.3 is 0 Å². The zero-order chi connectivity index (χ0) is 12.3. The van der Waals surface area contributed by atoms with Crippen LogP contribution in [0.3, 0.4) is 0 Å². The van der Waals surface area contributed by atoms with Gasteiger partial charge in [0.25, 0.3) is 0 Å². The summed E-state index contributed by atoms with van der Waals surface area (Å²) in [6.45, 7) is 4.06. The SMILES string of the molecule is CN1CCNC(CN(C)c2cccc(F)c2)C1. The Morgan fingerprint density at radius 3 is 3.06 bits per heavy atom. The summed E-state index contributed by atoms with van der Waals surface area (Å²) in [4.78, 5) is 4.42. The van der Waals surface area contributed by atoms with E-state index in [9.17, 15) is 4.39 Å². The molecule has 0 aliphatic carbocycles. The molecule has 1 unspecified atom stereocenters. The molecule has 3 nitrogen and oxygen atoms in total. The van der Waals surface area contributed by atoms with E-state index in [1.165, 1.54) is 6.07 Å². The van der Waals surface area contributed by atoms with E-state index < -0.39 is 0 Å². The van der Waals surface area contributed by atoms with Crippen LogP contribution in [0.4, 0.5) is 10.1 Å². The Hall–Kier alpha value is -1.13. The first-order valence-corrected chi connectivity index (χ1v) is 6.04. The third kappa shape index (κ3) is 3.41. The second kappa shape index (κ2) is 5.47. The minimum absolute atomic E-state index is 0.178. The van der Waals surface area contributed by atoms with Crippen LogP contribution >= 0.6 is 0 Å². The second-order valence-electron chi connectivity index (χ2n) is 4.77. The molecule has 0 spiro atoms. The molecule has 0 aromatic heterocycles. The molecule has 4 heteroatoms. The Balaban J connectivity index is 1.94. The van der Waals surface area contributed by atoms with Gasteiger partial charge in [0, 0.05) is 45.0 Å². The Bertz CT molecular complexity index is 369. The van der Waals surface area contributed by atoms with Crippen molar-refractivity contribution < 1.29 is 4.39 Å². The minimum atomic E-state index is -0.178. The van der Waals surface area contributed by atoms with Crippen molar-refractivity contribution in [2.24, 2.45) is 0 Å². The number of rotatable bonds is 3. The summed E-state index contributed by atoms with van der Waals surface area (Å²) in [6.07, 6.45) is 0. The molecule has 1 heterocycles. The van der Waals surface area contributed by atoms with E-state index >= 15 is 0 Å². The van der Waals surface area contributed by atoms with Crippen LogP contribution in [-0.2, 0) is 0 Å². The lowest BCUT2D eigenvalue weighted by atomic mass is 10.2. The van der Waals surface area contributed by atoms with E-state index in [-0.39, 0.29) is 5.82 Å². The Kier molecular flexibility index (Phi) is 3.97. The fourth-order valence-corrected chi connectivity index (χ4v) is 2.26. The Morgan fingerprint density at radius 2 is 2.35 bits per heavy atom. The molecule has 1 aliphatic heterocycles. The lowest BCUT2D eigenvalue weighted by Gasteiger charge is -2.34. The predicted molar refractivity (Wildman–Crippen MR) is 69.0 cm³/mol. The molecule has 1 aromatic carbocycles. The smallest absolute Gasteiger partial charge is 0.125 e. The summed E-state index contributed by atoms with van der Waals surface area (Å²) in [6, 6.07) is 7.19. The topological polar surface area (TPSA) is 18.5 Å². The standard InChI is InChI=1S/C13H20FN3/c1-16-7-6-15-12(9-16)10-17(2)13-5-3-4-11(14)8-13/h3-5,8,12,15H,6-7,9-10H2,1-2H3. The highest BCUT2D eigenvalue weighted by atomic mass is 19.1. The summed E-state index contributed by atoms with van der Waals surface area (Å²) >= 11 is 0. The summed E-state index contributed by atoms with van der Waals surface area (Å²) in [7, 11) is 4.14. The molecule has 1 saturated heterocycles. The van der Waals surface area contributed by atoms with Gasteiger partial charge in [0.15, 0.2) is 0 Å². The average molecular weight is 237 g/mol. The molecular weight excluding hydrogens is 217 g/mol. The van der Waals surface area contributed by atoms with Gasteiger partial charge in [-0.1, -0.05) is 6.07 Å². The normalized spacial score (nSPS) is 21.5. The van der Waals surface area contributed by atoms with Crippen LogP contribution in [-0.4, -0.2) is 51.2 Å². The molecular formula is C13H20FN3. The zero-order valence-electron chi connectivity index (χ0n) is 10.5. The molecule has 1 fully saturated rings. The fourth-order valence-electron chi connectivity index (χ4n) is 2.26. The van der Waals surface area contributed by atoms with Crippen LogP contribution < -0.4 is 10.2 Å². The van der Waals surface area contributed by atoms with Gasteiger partial charge in [0.2, 0.25) is 0 Å². The van der Waals surface area contributed by atoms with Crippen molar-refractivity contribution in [1.29, 1.82) is 0 Å². The number of hydrogen-bond acceptors (Lipinski definition) is 3. The third-order valence-corrected chi connectivity index (χ3v) is 3.20. The summed E-state index contributed by atoms with van der Waals surface area (Å²) in [5, 5.41) is 3.49. The maximum atomic E-state index is 13.1. The van der Waals surface area contributed by atoms with Crippen LogP contribution in [0.25, 0.3) is 0 Å². The maximum Gasteiger partial charge on any atom is 0.125 e. The second-order valence-corrected chi connectivity index (χ2v) is 4.77. The lowest BCUT2D eigenvalue weighted by Crippen LogP contribution is -2.53. The fraction of sp³-hybridized carbons (Fsp3) is 0.538. The number of likely N-dealkylation sites (N-methyl/N-ethyl adjacent to an activating group) is 2. The molecule has 1 atom stereocenters. The van der Waals surface area contributed by atoms with E-state index in [2.05, 4.69) is 22.2 Å². The quantitative estimate of drug-likeness (QED) is 0.851. The van der Waals surface area contributed by atoms with Gasteiger partial charge in [0.1, 0.15) is 5.82 Å². The van der Waals surface area contributed by atoms with Crippen molar-refractivity contribution >= 4 is 5.69 Å². The number of piperazine rings is 1. The number of nitrogens with zero attached hydrogens (tertiary/aromatic N) is 2. The first-order valence-electron chi connectivity index (χ1n) is 6.04. The average Bonchev–Trinajstić information content (AvgIpc) is 2.29. The van der Waals surface area contributed by atoms with Gasteiger partial charge in [-0.2, -0.15) is 0 Å². The highest BCUT2D eigenvalue weighted by molar-refractivity contribution is 5.45. The van der Waals surface area contributed by atoms with Gasteiger partial charge < -0.3 is 15.1 Å². The number of hydrogen-bond donors (Lipinski definition) is 1. The van der Waals surface area contributed by atoms with E-state index in [1.807, 2.05) is 13.1 Å². The highest BCUT2D eigenvalue weighted by Gasteiger charge is 2.18. The van der Waals surface area contributed by atoms with Gasteiger partial charge in [-0.15, -0.1) is 0 Å². The molecule has 94 valence electrons. The van der Waals surface area contributed by atoms with E-state index in [4.69, 9.17) is 0 Å². The number of anilines is 1. The van der Waals surface area contributed by atoms with Crippen molar-refractivity contribution in [2.75, 3.05) is 45.2 Å². The Morgan fingerprint density at radius 1 is 1.53 bits per heavy atom.